The van der Waals surface area contributed by atoms with E-state index in [1.807, 2.05) is 87.8 Å². The van der Waals surface area contributed by atoms with Gasteiger partial charge in [-0.2, -0.15) is 0 Å². The fraction of sp³-hybridized carbons (Fsp3) is 0.450. The molecule has 2 aliphatic carbocycles. The van der Waals surface area contributed by atoms with Gasteiger partial charge in [-0.05, 0) is 134 Å². The Bertz CT molecular complexity index is 2550. The van der Waals surface area contributed by atoms with Crippen molar-refractivity contribution in [2.45, 2.75) is 140 Å². The van der Waals surface area contributed by atoms with Gasteiger partial charge >= 0.3 is 0 Å². The summed E-state index contributed by atoms with van der Waals surface area (Å²) in [5, 5.41) is 84.8. The predicted octanol–water partition coefficient (Wildman–Crippen LogP) is 10.5. The lowest BCUT2D eigenvalue weighted by molar-refractivity contribution is 0.296. The Labute approximate surface area is 415 Å². The van der Waals surface area contributed by atoms with Crippen LogP contribution in [-0.4, -0.2) is 76.8 Å². The van der Waals surface area contributed by atoms with Crippen molar-refractivity contribution < 1.29 is 40.9 Å². The van der Waals surface area contributed by atoms with Crippen molar-refractivity contribution in [1.29, 1.82) is 0 Å². The average molecular weight is 953 g/mol. The summed E-state index contributed by atoms with van der Waals surface area (Å²) < 4.78 is 2.07. The van der Waals surface area contributed by atoms with Crippen molar-refractivity contribution in [3.63, 3.8) is 0 Å². The zero-order valence-corrected chi connectivity index (χ0v) is 42.0. The van der Waals surface area contributed by atoms with Crippen LogP contribution in [0.25, 0.3) is 0 Å². The smallest absolute Gasteiger partial charge is 0.123 e. The van der Waals surface area contributed by atoms with Gasteiger partial charge in [0.2, 0.25) is 0 Å². The van der Waals surface area contributed by atoms with Gasteiger partial charge in [-0.15, -0.1) is 0 Å². The minimum Gasteiger partial charge on any atom is -0.507 e. The maximum atomic E-state index is 12.2. The summed E-state index contributed by atoms with van der Waals surface area (Å²) in [5.41, 5.74) is 11.4. The Balaban J connectivity index is 0.000000219. The number of aryl methyl sites for hydroxylation is 3. The van der Waals surface area contributed by atoms with Gasteiger partial charge in [0.1, 0.15) is 23.0 Å². The molecule has 70 heavy (non-hydrogen) atoms. The average Bonchev–Trinajstić information content (AvgIpc) is 3.77. The quantitative estimate of drug-likeness (QED) is 0.0469. The topological polar surface area (TPSA) is 180 Å². The lowest BCUT2D eigenvalue weighted by atomic mass is 9.68. The number of nitrogens with zero attached hydrogens (tertiary/aromatic N) is 2. The van der Waals surface area contributed by atoms with E-state index in [0.717, 1.165) is 102 Å². The van der Waals surface area contributed by atoms with Gasteiger partial charge in [0.25, 0.3) is 0 Å². The van der Waals surface area contributed by atoms with E-state index in [1.54, 1.807) is 6.20 Å². The molecule has 0 saturated heterocycles. The molecule has 2 saturated carbocycles. The summed E-state index contributed by atoms with van der Waals surface area (Å²) in [6.45, 7) is 8.27. The molecule has 10 heteroatoms. The van der Waals surface area contributed by atoms with Crippen LogP contribution in [0, 0.1) is 13.8 Å². The molecule has 0 radical (unpaired) electrons. The van der Waals surface area contributed by atoms with Crippen LogP contribution in [0.4, 0.5) is 0 Å². The summed E-state index contributed by atoms with van der Waals surface area (Å²) in [7, 11) is 2.01. The van der Waals surface area contributed by atoms with E-state index in [-0.39, 0.29) is 48.8 Å². The summed E-state index contributed by atoms with van der Waals surface area (Å²) in [5.74, 6) is -0.00618. The Morgan fingerprint density at radius 3 is 1.26 bits per heavy atom. The second kappa shape index (κ2) is 23.1. The number of rotatable bonds is 16. The second-order valence-electron chi connectivity index (χ2n) is 20.7. The lowest BCUT2D eigenvalue weighted by Gasteiger charge is -2.37. The fourth-order valence-electron chi connectivity index (χ4n) is 11.6. The normalized spacial score (nSPS) is 15.5. The van der Waals surface area contributed by atoms with Crippen molar-refractivity contribution in [3.8, 4) is 23.0 Å². The highest BCUT2D eigenvalue weighted by Gasteiger charge is 2.38. The monoisotopic (exact) mass is 953 g/mol. The molecule has 2 aliphatic rings. The predicted molar refractivity (Wildman–Crippen MR) is 277 cm³/mol. The van der Waals surface area contributed by atoms with Crippen molar-refractivity contribution in [2.24, 2.45) is 7.05 Å². The van der Waals surface area contributed by atoms with Crippen LogP contribution in [0.15, 0.2) is 91.3 Å². The van der Waals surface area contributed by atoms with Crippen molar-refractivity contribution >= 4 is 0 Å². The molecule has 4 aromatic carbocycles. The van der Waals surface area contributed by atoms with Gasteiger partial charge in [-0.3, -0.25) is 4.98 Å². The zero-order valence-electron chi connectivity index (χ0n) is 42.0. The van der Waals surface area contributed by atoms with Gasteiger partial charge in [0, 0.05) is 84.9 Å². The maximum absolute atomic E-state index is 12.2. The van der Waals surface area contributed by atoms with E-state index in [1.165, 1.54) is 12.8 Å². The molecule has 0 spiro atoms. The summed E-state index contributed by atoms with van der Waals surface area (Å²) in [6.07, 6.45) is 16.8. The zero-order chi connectivity index (χ0) is 50.2. The minimum atomic E-state index is -0.495. The van der Waals surface area contributed by atoms with E-state index in [4.69, 9.17) is 0 Å². The van der Waals surface area contributed by atoms with Crippen LogP contribution in [-0.2, 0) is 43.6 Å². The number of aromatic nitrogens is 2. The molecule has 6 aromatic rings. The molecule has 0 bridgehead atoms. The molecule has 0 atom stereocenters. The van der Waals surface area contributed by atoms with E-state index < -0.39 is 11.8 Å². The molecule has 0 unspecified atom stereocenters. The third kappa shape index (κ3) is 11.3. The van der Waals surface area contributed by atoms with Crippen molar-refractivity contribution in [1.82, 2.24) is 9.55 Å². The standard InChI is InChI=1S/C36H49NO4.C24H27NO4/c1-35(14-6-4-7-15-35)29-23-25(12-19-38)21-27(33(29)40)32(31-11-10-18-37(31)3)28-22-26(13-20-39)24-30(34(28)41)36(2)16-8-5-9-17-36;1-15-11-17(6-9-26)13-19(23(15)28)22(21-5-3-4-8-25-21)20-14-18(7-10-27)12-16(2)24(20)29/h10-11,18,21-24,32,38-41H,4-9,12-17,19-20H2,1-3H3;3-5,8,11-14,22,26-29H,6-7,9-10H2,1-2H3. The van der Waals surface area contributed by atoms with Crippen molar-refractivity contribution in [2.75, 3.05) is 26.4 Å². The van der Waals surface area contributed by atoms with Gasteiger partial charge in [-0.25, -0.2) is 0 Å². The third-order valence-corrected chi connectivity index (χ3v) is 15.5. The molecule has 8 N–H and O–H groups in total. The van der Waals surface area contributed by atoms with Gasteiger partial charge in [0.15, 0.2) is 0 Å². The number of hydrogen-bond donors (Lipinski definition) is 8. The number of phenolic OH excluding ortho intramolecular Hbond substituents is 4. The number of aliphatic hydroxyl groups excluding tert-OH is 4. The Morgan fingerprint density at radius 2 is 0.900 bits per heavy atom. The van der Waals surface area contributed by atoms with E-state index in [0.29, 0.717) is 65.1 Å². The van der Waals surface area contributed by atoms with Gasteiger partial charge < -0.3 is 45.4 Å². The largest absolute Gasteiger partial charge is 0.507 e. The van der Waals surface area contributed by atoms with E-state index in [2.05, 4.69) is 41.6 Å². The van der Waals surface area contributed by atoms with Gasteiger partial charge in [0.05, 0.1) is 17.5 Å². The number of pyridine rings is 1. The van der Waals surface area contributed by atoms with Crippen molar-refractivity contribution in [3.05, 3.63) is 169 Å². The molecule has 8 rings (SSSR count). The SMILES string of the molecule is Cc1cc(CCO)cc(C(c2ccccn2)c2cc(CCO)cc(C)c2O)c1O.Cn1cccc1C(c1cc(CCO)cc(C2(C)CCCCC2)c1O)c1cc(CCO)cc(C2(C)CCCCC2)c1O. The number of hydrogen-bond acceptors (Lipinski definition) is 9. The summed E-state index contributed by atoms with van der Waals surface area (Å²) in [4.78, 5) is 4.50. The van der Waals surface area contributed by atoms with Crippen LogP contribution < -0.4 is 0 Å². The first-order chi connectivity index (χ1) is 33.7. The molecule has 2 fully saturated rings. The third-order valence-electron chi connectivity index (χ3n) is 15.5. The van der Waals surface area contributed by atoms with Crippen LogP contribution in [0.1, 0.15) is 168 Å². The Hall–Kier alpha value is -5.65. The highest BCUT2D eigenvalue weighted by Crippen LogP contribution is 2.52. The molecular weight excluding hydrogens is 877 g/mol. The first-order valence-electron chi connectivity index (χ1n) is 25.5. The second-order valence-corrected chi connectivity index (χ2v) is 20.7. The van der Waals surface area contributed by atoms with E-state index in [9.17, 15) is 40.9 Å². The first-order valence-corrected chi connectivity index (χ1v) is 25.5. The molecule has 2 aromatic heterocycles. The van der Waals surface area contributed by atoms with Crippen LogP contribution in [0.3, 0.4) is 0 Å². The molecule has 0 aliphatic heterocycles. The number of benzene rings is 4. The lowest BCUT2D eigenvalue weighted by Crippen LogP contribution is -2.27. The minimum absolute atomic E-state index is 0.00819. The molecular formula is C60H76N2O8. The van der Waals surface area contributed by atoms with Crippen LogP contribution in [0.5, 0.6) is 23.0 Å². The highest BCUT2D eigenvalue weighted by molar-refractivity contribution is 5.61. The van der Waals surface area contributed by atoms with E-state index >= 15 is 0 Å². The molecule has 0 amide bonds. The fourth-order valence-corrected chi connectivity index (χ4v) is 11.6. The number of aliphatic hydroxyl groups is 4. The molecule has 10 nitrogen and oxygen atoms in total. The van der Waals surface area contributed by atoms with Crippen LogP contribution in [0.2, 0.25) is 0 Å². The number of aromatic hydroxyl groups is 4. The highest BCUT2D eigenvalue weighted by atomic mass is 16.3. The summed E-state index contributed by atoms with van der Waals surface area (Å²) >= 11 is 0. The summed E-state index contributed by atoms with van der Waals surface area (Å²) in [6, 6.07) is 25.4. The van der Waals surface area contributed by atoms with Crippen LogP contribution >= 0.6 is 0 Å². The molecule has 374 valence electrons. The Kier molecular flexibility index (Phi) is 17.2. The maximum Gasteiger partial charge on any atom is 0.123 e. The first kappa shape index (κ1) is 52.2. The number of phenols is 4. The Morgan fingerprint density at radius 1 is 0.500 bits per heavy atom. The van der Waals surface area contributed by atoms with Gasteiger partial charge in [-0.1, -0.05) is 107 Å². The molecule has 2 heterocycles.